The maximum atomic E-state index is 10.8. The molecular weight excluding hydrogens is 244 g/mol. The minimum absolute atomic E-state index is 0.284. The van der Waals surface area contributed by atoms with Crippen molar-refractivity contribution in [3.05, 3.63) is 34.3 Å². The van der Waals surface area contributed by atoms with E-state index >= 15 is 0 Å². The fourth-order valence-electron chi connectivity index (χ4n) is 1.34. The summed E-state index contributed by atoms with van der Waals surface area (Å²) in [6.07, 6.45) is 1.25. The van der Waals surface area contributed by atoms with Crippen molar-refractivity contribution in [1.29, 1.82) is 0 Å². The number of aliphatic carboxylic acids is 1. The third-order valence-electron chi connectivity index (χ3n) is 2.27. The number of hydrogen-bond acceptors (Lipinski definition) is 1. The van der Waals surface area contributed by atoms with Gasteiger partial charge in [-0.1, -0.05) is 41.1 Å². The number of carboxylic acid groups (broad SMARTS) is 1. The van der Waals surface area contributed by atoms with Crippen molar-refractivity contribution in [2.75, 3.05) is 0 Å². The summed E-state index contributed by atoms with van der Waals surface area (Å²) in [6.45, 7) is 1.90. The standard InChI is InChI=1S/C11H13BrO2/c1-2-8(11(13)14)7-9-5-3-4-6-10(9)12/h3-6,8H,2,7H2,1H3,(H,13,14). The molecule has 1 atom stereocenters. The fraction of sp³-hybridized carbons (Fsp3) is 0.364. The van der Waals surface area contributed by atoms with E-state index in [4.69, 9.17) is 5.11 Å². The van der Waals surface area contributed by atoms with Crippen molar-refractivity contribution in [3.8, 4) is 0 Å². The summed E-state index contributed by atoms with van der Waals surface area (Å²) in [4.78, 5) is 10.8. The van der Waals surface area contributed by atoms with Crippen molar-refractivity contribution in [3.63, 3.8) is 0 Å². The molecule has 2 nitrogen and oxygen atoms in total. The maximum Gasteiger partial charge on any atom is 0.306 e. The molecule has 1 N–H and O–H groups in total. The second-order valence-corrected chi connectivity index (χ2v) is 4.09. The van der Waals surface area contributed by atoms with E-state index in [0.717, 1.165) is 10.0 Å². The van der Waals surface area contributed by atoms with Gasteiger partial charge in [-0.3, -0.25) is 4.79 Å². The predicted molar refractivity (Wildman–Crippen MR) is 59.3 cm³/mol. The Morgan fingerprint density at radius 1 is 1.50 bits per heavy atom. The van der Waals surface area contributed by atoms with Gasteiger partial charge in [0.1, 0.15) is 0 Å². The SMILES string of the molecule is CCC(Cc1ccccc1Br)C(=O)O. The molecule has 0 heterocycles. The second kappa shape index (κ2) is 5.15. The third kappa shape index (κ3) is 2.84. The monoisotopic (exact) mass is 256 g/mol. The Balaban J connectivity index is 2.77. The first-order chi connectivity index (χ1) is 6.65. The number of halogens is 1. The molecule has 0 bridgehead atoms. The van der Waals surface area contributed by atoms with Gasteiger partial charge in [-0.2, -0.15) is 0 Å². The fourth-order valence-corrected chi connectivity index (χ4v) is 1.78. The van der Waals surface area contributed by atoms with Gasteiger partial charge in [0.25, 0.3) is 0 Å². The summed E-state index contributed by atoms with van der Waals surface area (Å²) in [6, 6.07) is 7.74. The topological polar surface area (TPSA) is 37.3 Å². The Morgan fingerprint density at radius 2 is 2.14 bits per heavy atom. The zero-order chi connectivity index (χ0) is 10.6. The van der Waals surface area contributed by atoms with Crippen molar-refractivity contribution in [1.82, 2.24) is 0 Å². The lowest BCUT2D eigenvalue weighted by Crippen LogP contribution is -2.15. The molecule has 76 valence electrons. The lowest BCUT2D eigenvalue weighted by atomic mass is 9.97. The van der Waals surface area contributed by atoms with E-state index in [9.17, 15) is 4.79 Å². The van der Waals surface area contributed by atoms with Crippen molar-refractivity contribution >= 4 is 21.9 Å². The molecule has 14 heavy (non-hydrogen) atoms. The van der Waals surface area contributed by atoms with Crippen LogP contribution in [0.4, 0.5) is 0 Å². The number of hydrogen-bond donors (Lipinski definition) is 1. The van der Waals surface area contributed by atoms with Crippen LogP contribution in [0.3, 0.4) is 0 Å². The number of carboxylic acids is 1. The van der Waals surface area contributed by atoms with Gasteiger partial charge in [0, 0.05) is 4.47 Å². The second-order valence-electron chi connectivity index (χ2n) is 3.24. The zero-order valence-electron chi connectivity index (χ0n) is 8.03. The van der Waals surface area contributed by atoms with Gasteiger partial charge in [-0.15, -0.1) is 0 Å². The van der Waals surface area contributed by atoms with Crippen molar-refractivity contribution < 1.29 is 9.90 Å². The number of carbonyl (C=O) groups is 1. The summed E-state index contributed by atoms with van der Waals surface area (Å²) in [7, 11) is 0. The average molecular weight is 257 g/mol. The Hall–Kier alpha value is -0.830. The molecule has 0 saturated carbocycles. The highest BCUT2D eigenvalue weighted by molar-refractivity contribution is 9.10. The van der Waals surface area contributed by atoms with Crippen molar-refractivity contribution in [2.24, 2.45) is 5.92 Å². The molecule has 0 saturated heterocycles. The van der Waals surface area contributed by atoms with Crippen LogP contribution in [0.15, 0.2) is 28.7 Å². The van der Waals surface area contributed by atoms with Gasteiger partial charge in [0.15, 0.2) is 0 Å². The molecule has 1 aromatic rings. The Morgan fingerprint density at radius 3 is 2.64 bits per heavy atom. The molecule has 0 radical (unpaired) electrons. The van der Waals surface area contributed by atoms with Gasteiger partial charge in [0.2, 0.25) is 0 Å². The summed E-state index contributed by atoms with van der Waals surface area (Å²) < 4.78 is 0.986. The van der Waals surface area contributed by atoms with Gasteiger partial charge in [0.05, 0.1) is 5.92 Å². The number of rotatable bonds is 4. The minimum atomic E-state index is -0.719. The lowest BCUT2D eigenvalue weighted by molar-refractivity contribution is -0.141. The quantitative estimate of drug-likeness (QED) is 0.899. The van der Waals surface area contributed by atoms with Crippen molar-refractivity contribution in [2.45, 2.75) is 19.8 Å². The third-order valence-corrected chi connectivity index (χ3v) is 3.04. The van der Waals surface area contributed by atoms with Gasteiger partial charge < -0.3 is 5.11 Å². The molecule has 0 aliphatic heterocycles. The van der Waals surface area contributed by atoms with E-state index in [-0.39, 0.29) is 5.92 Å². The van der Waals surface area contributed by atoms with Crippen LogP contribution in [0.1, 0.15) is 18.9 Å². The van der Waals surface area contributed by atoms with Gasteiger partial charge >= 0.3 is 5.97 Å². The molecule has 3 heteroatoms. The summed E-state index contributed by atoms with van der Waals surface area (Å²) in [5.41, 5.74) is 1.06. The highest BCUT2D eigenvalue weighted by Gasteiger charge is 2.16. The lowest BCUT2D eigenvalue weighted by Gasteiger charge is -2.10. The summed E-state index contributed by atoms with van der Waals surface area (Å²) in [5, 5.41) is 8.91. The normalized spacial score (nSPS) is 12.4. The molecular formula is C11H13BrO2. The van der Waals surface area contributed by atoms with Crippen LogP contribution in [-0.4, -0.2) is 11.1 Å². The molecule has 0 fully saturated rings. The Labute approximate surface area is 92.1 Å². The van der Waals surface area contributed by atoms with E-state index in [1.54, 1.807) is 0 Å². The van der Waals surface area contributed by atoms with E-state index in [2.05, 4.69) is 15.9 Å². The maximum absolute atomic E-state index is 10.8. The molecule has 0 aromatic heterocycles. The zero-order valence-corrected chi connectivity index (χ0v) is 9.62. The predicted octanol–water partition coefficient (Wildman–Crippen LogP) is 3.10. The van der Waals surface area contributed by atoms with Crippen LogP contribution in [0.2, 0.25) is 0 Å². The number of benzene rings is 1. The van der Waals surface area contributed by atoms with Gasteiger partial charge in [-0.25, -0.2) is 0 Å². The molecule has 0 aliphatic carbocycles. The van der Waals surface area contributed by atoms with Crippen LogP contribution in [-0.2, 0) is 11.2 Å². The highest BCUT2D eigenvalue weighted by Crippen LogP contribution is 2.20. The van der Waals surface area contributed by atoms with Crippen LogP contribution in [0.5, 0.6) is 0 Å². The molecule has 0 aliphatic rings. The smallest absolute Gasteiger partial charge is 0.306 e. The van der Waals surface area contributed by atoms with Gasteiger partial charge in [-0.05, 0) is 24.5 Å². The van der Waals surface area contributed by atoms with E-state index in [1.807, 2.05) is 31.2 Å². The van der Waals surface area contributed by atoms with E-state index in [0.29, 0.717) is 12.8 Å². The van der Waals surface area contributed by atoms with Crippen LogP contribution in [0, 0.1) is 5.92 Å². The highest BCUT2D eigenvalue weighted by atomic mass is 79.9. The van der Waals surface area contributed by atoms with E-state index in [1.165, 1.54) is 0 Å². The van der Waals surface area contributed by atoms with Crippen LogP contribution in [0.25, 0.3) is 0 Å². The van der Waals surface area contributed by atoms with Crippen LogP contribution < -0.4 is 0 Å². The molecule has 1 rings (SSSR count). The summed E-state index contributed by atoms with van der Waals surface area (Å²) >= 11 is 3.41. The molecule has 1 aromatic carbocycles. The Bertz CT molecular complexity index is 323. The first kappa shape index (κ1) is 11.2. The van der Waals surface area contributed by atoms with E-state index < -0.39 is 5.97 Å². The molecule has 0 amide bonds. The molecule has 1 unspecified atom stereocenters. The first-order valence-electron chi connectivity index (χ1n) is 4.61. The molecule has 0 spiro atoms. The van der Waals surface area contributed by atoms with Crippen LogP contribution >= 0.6 is 15.9 Å². The average Bonchev–Trinajstić information content (AvgIpc) is 2.16. The Kier molecular flexibility index (Phi) is 4.14. The first-order valence-corrected chi connectivity index (χ1v) is 5.40. The largest absolute Gasteiger partial charge is 0.481 e. The minimum Gasteiger partial charge on any atom is -0.481 e. The summed E-state index contributed by atoms with van der Waals surface area (Å²) in [5.74, 6) is -1.00.